The molecule has 0 amide bonds. The highest BCUT2D eigenvalue weighted by atomic mass is 16.9. The Morgan fingerprint density at radius 2 is 2.04 bits per heavy atom. The van der Waals surface area contributed by atoms with E-state index in [1.165, 1.54) is 0 Å². The monoisotopic (exact) mass is 380 g/mol. The Hall–Kier alpha value is -1.49. The molecule has 1 aromatic carbocycles. The summed E-state index contributed by atoms with van der Waals surface area (Å²) in [5.41, 5.74) is 0.890. The average molecular weight is 380 g/mol. The zero-order chi connectivity index (χ0) is 19.2. The number of benzene rings is 1. The van der Waals surface area contributed by atoms with Gasteiger partial charge in [0.1, 0.15) is 39.4 Å². The van der Waals surface area contributed by atoms with E-state index in [0.29, 0.717) is 6.61 Å². The maximum Gasteiger partial charge on any atom is 0.332 e. The smallest absolute Gasteiger partial charge is 0.332 e. The molecular formula is C18H25BO8. The number of aliphatic hydroxyl groups is 1. The largest absolute Gasteiger partial charge is 0.459 e. The van der Waals surface area contributed by atoms with E-state index in [-0.39, 0.29) is 25.9 Å². The Balaban J connectivity index is 1.43. The van der Waals surface area contributed by atoms with Gasteiger partial charge in [-0.25, -0.2) is 4.79 Å². The van der Waals surface area contributed by atoms with Gasteiger partial charge >= 0.3 is 5.97 Å². The van der Waals surface area contributed by atoms with Gasteiger partial charge in [0.15, 0.2) is 0 Å². The van der Waals surface area contributed by atoms with Gasteiger partial charge in [0.05, 0.1) is 25.3 Å². The number of esters is 1. The number of ether oxygens (including phenoxy) is 6. The predicted octanol–water partition coefficient (Wildman–Crippen LogP) is -0.431. The van der Waals surface area contributed by atoms with E-state index < -0.39 is 36.8 Å². The highest BCUT2D eigenvalue weighted by Crippen LogP contribution is 2.24. The topological polar surface area (TPSA) is 92.7 Å². The molecule has 0 radical (unpaired) electrons. The minimum Gasteiger partial charge on any atom is -0.459 e. The number of rotatable bonds is 8. The van der Waals surface area contributed by atoms with Crippen LogP contribution in [0.1, 0.15) is 12.5 Å². The molecule has 1 aromatic rings. The van der Waals surface area contributed by atoms with E-state index in [9.17, 15) is 9.90 Å². The van der Waals surface area contributed by atoms with Crippen molar-refractivity contribution in [2.24, 2.45) is 0 Å². The average Bonchev–Trinajstić information content (AvgIpc) is 3.20. The maximum absolute atomic E-state index is 11.9. The van der Waals surface area contributed by atoms with Crippen LogP contribution in [0.3, 0.4) is 0 Å². The van der Waals surface area contributed by atoms with Gasteiger partial charge in [-0.2, -0.15) is 0 Å². The van der Waals surface area contributed by atoms with Crippen LogP contribution >= 0.6 is 0 Å². The van der Waals surface area contributed by atoms with E-state index in [2.05, 4.69) is 0 Å². The minimum absolute atomic E-state index is 0.0320. The van der Waals surface area contributed by atoms with Crippen LogP contribution < -0.4 is 0 Å². The fraction of sp³-hybridized carbons (Fsp3) is 0.611. The van der Waals surface area contributed by atoms with Gasteiger partial charge in [0.2, 0.25) is 0 Å². The highest BCUT2D eigenvalue weighted by Gasteiger charge is 2.43. The quantitative estimate of drug-likeness (QED) is 0.480. The summed E-state index contributed by atoms with van der Waals surface area (Å²) in [6.45, 7) is 1.59. The molecule has 2 saturated heterocycles. The van der Waals surface area contributed by atoms with Gasteiger partial charge in [0, 0.05) is 0 Å². The fourth-order valence-electron chi connectivity index (χ4n) is 2.95. The lowest BCUT2D eigenvalue weighted by Crippen LogP contribution is -2.39. The van der Waals surface area contributed by atoms with Crippen molar-refractivity contribution in [3.05, 3.63) is 35.9 Å². The second-order valence-electron chi connectivity index (χ2n) is 6.69. The van der Waals surface area contributed by atoms with Crippen LogP contribution in [0.15, 0.2) is 30.3 Å². The molecule has 0 aliphatic carbocycles. The molecule has 3 rings (SSSR count). The third kappa shape index (κ3) is 5.74. The first kappa shape index (κ1) is 20.3. The second-order valence-corrected chi connectivity index (χ2v) is 6.69. The highest BCUT2D eigenvalue weighted by molar-refractivity contribution is 6.11. The lowest BCUT2D eigenvalue weighted by Gasteiger charge is -2.21. The molecule has 2 aliphatic heterocycles. The molecule has 2 unspecified atom stereocenters. The summed E-state index contributed by atoms with van der Waals surface area (Å²) in [6, 6.07) is 8.93. The van der Waals surface area contributed by atoms with Gasteiger partial charge in [-0.3, -0.25) is 0 Å². The third-order valence-electron chi connectivity index (χ3n) is 4.42. The van der Waals surface area contributed by atoms with E-state index in [4.69, 9.17) is 28.4 Å². The first-order chi connectivity index (χ1) is 13.0. The summed E-state index contributed by atoms with van der Waals surface area (Å²) in [5, 5.41) is 10.3. The zero-order valence-corrected chi connectivity index (χ0v) is 15.5. The molecule has 9 heteroatoms. The Labute approximate surface area is 159 Å². The van der Waals surface area contributed by atoms with E-state index >= 15 is 0 Å². The van der Waals surface area contributed by atoms with Crippen molar-refractivity contribution < 1.29 is 38.3 Å². The molecule has 8 nitrogen and oxygen atoms in total. The molecule has 148 valence electrons. The summed E-state index contributed by atoms with van der Waals surface area (Å²) < 4.78 is 32.7. The van der Waals surface area contributed by atoms with Crippen molar-refractivity contribution in [3.8, 4) is 0 Å². The van der Waals surface area contributed by atoms with Crippen LogP contribution in [-0.4, -0.2) is 75.6 Å². The molecule has 2 heterocycles. The lowest BCUT2D eigenvalue weighted by molar-refractivity contribution is -0.249. The minimum atomic E-state index is -0.870. The van der Waals surface area contributed by atoms with Gasteiger partial charge in [-0.15, -0.1) is 0 Å². The standard InChI is InChI=1S/C18H25BO8/c1-11-7-24-18(26-11)25-9-13-16(15(21)17(19)27-13)23-10-14(20)22-8-12-5-3-2-4-6-12/h2-6,11,13,15-18,21H,7-10,19H2,1H3/t11?,13-,15+,16+,17-,18?/m1/s1. The van der Waals surface area contributed by atoms with E-state index in [0.717, 1.165) is 5.56 Å². The number of aliphatic hydroxyl groups excluding tert-OH is 1. The molecule has 6 atom stereocenters. The van der Waals surface area contributed by atoms with Crippen molar-refractivity contribution in [2.45, 2.75) is 50.4 Å². The summed E-state index contributed by atoms with van der Waals surface area (Å²) in [7, 11) is 1.74. The lowest BCUT2D eigenvalue weighted by atomic mass is 9.93. The Bertz CT molecular complexity index is 600. The third-order valence-corrected chi connectivity index (χ3v) is 4.42. The molecule has 0 bridgehead atoms. The van der Waals surface area contributed by atoms with Crippen LogP contribution in [0, 0.1) is 0 Å². The van der Waals surface area contributed by atoms with Crippen molar-refractivity contribution >= 4 is 13.8 Å². The van der Waals surface area contributed by atoms with Crippen molar-refractivity contribution in [2.75, 3.05) is 19.8 Å². The number of carbonyl (C=O) groups is 1. The Morgan fingerprint density at radius 3 is 2.74 bits per heavy atom. The van der Waals surface area contributed by atoms with Crippen LogP contribution in [0.4, 0.5) is 0 Å². The normalized spacial score (nSPS) is 33.3. The summed E-state index contributed by atoms with van der Waals surface area (Å²) in [5.74, 6) is -0.512. The van der Waals surface area contributed by atoms with Crippen molar-refractivity contribution in [3.63, 3.8) is 0 Å². The molecule has 2 aliphatic rings. The van der Waals surface area contributed by atoms with Crippen LogP contribution in [-0.2, 0) is 39.8 Å². The summed E-state index contributed by atoms with van der Waals surface area (Å²) >= 11 is 0. The van der Waals surface area contributed by atoms with Gasteiger partial charge in [-0.05, 0) is 12.5 Å². The number of hydrogen-bond acceptors (Lipinski definition) is 8. The Kier molecular flexibility index (Phi) is 7.23. The SMILES string of the molecule is B[C@@H]1O[C@H](COC2OCC(C)O2)[C@H](OCC(=O)OCc2ccccc2)[C@@H]1O. The molecular weight excluding hydrogens is 355 g/mol. The fourth-order valence-corrected chi connectivity index (χ4v) is 2.95. The van der Waals surface area contributed by atoms with Gasteiger partial charge < -0.3 is 33.5 Å². The molecule has 0 spiro atoms. The Morgan fingerprint density at radius 1 is 1.26 bits per heavy atom. The van der Waals surface area contributed by atoms with Crippen molar-refractivity contribution in [1.29, 1.82) is 0 Å². The molecule has 0 saturated carbocycles. The zero-order valence-electron chi connectivity index (χ0n) is 15.5. The predicted molar refractivity (Wildman–Crippen MR) is 95.4 cm³/mol. The molecule has 27 heavy (non-hydrogen) atoms. The second kappa shape index (κ2) is 9.63. The van der Waals surface area contributed by atoms with E-state index in [1.54, 1.807) is 7.85 Å². The van der Waals surface area contributed by atoms with Gasteiger partial charge in [0.25, 0.3) is 6.48 Å². The first-order valence-electron chi connectivity index (χ1n) is 9.06. The molecule has 1 N–H and O–H groups in total. The number of carbonyl (C=O) groups excluding carboxylic acids is 1. The van der Waals surface area contributed by atoms with Crippen LogP contribution in [0.25, 0.3) is 0 Å². The van der Waals surface area contributed by atoms with Crippen LogP contribution in [0.2, 0.25) is 0 Å². The van der Waals surface area contributed by atoms with Gasteiger partial charge in [-0.1, -0.05) is 30.3 Å². The molecule has 0 aromatic heterocycles. The summed E-state index contributed by atoms with van der Waals surface area (Å²) in [6.07, 6.45) is -2.15. The maximum atomic E-state index is 11.9. The summed E-state index contributed by atoms with van der Waals surface area (Å²) in [4.78, 5) is 11.9. The molecule has 2 fully saturated rings. The van der Waals surface area contributed by atoms with Crippen molar-refractivity contribution in [1.82, 2.24) is 0 Å². The van der Waals surface area contributed by atoms with E-state index in [1.807, 2.05) is 37.3 Å². The first-order valence-corrected chi connectivity index (χ1v) is 9.06. The number of hydrogen-bond donors (Lipinski definition) is 1. The van der Waals surface area contributed by atoms with Crippen LogP contribution in [0.5, 0.6) is 0 Å².